The van der Waals surface area contributed by atoms with Gasteiger partial charge in [0.05, 0.1) is 19.1 Å². The van der Waals surface area contributed by atoms with Crippen molar-refractivity contribution in [1.82, 2.24) is 10.2 Å². The van der Waals surface area contributed by atoms with Crippen LogP contribution in [0.4, 0.5) is 8.78 Å². The molecule has 1 aromatic heterocycles. The first kappa shape index (κ1) is 15.9. The molecular weight excluding hydrogens is 318 g/mol. The lowest BCUT2D eigenvalue weighted by Gasteiger charge is -2.07. The van der Waals surface area contributed by atoms with Crippen LogP contribution in [-0.4, -0.2) is 23.9 Å². The molecule has 0 unspecified atom stereocenters. The van der Waals surface area contributed by atoms with Gasteiger partial charge in [-0.05, 0) is 29.8 Å². The number of halogens is 2. The van der Waals surface area contributed by atoms with Crippen molar-refractivity contribution in [1.29, 1.82) is 0 Å². The maximum absolute atomic E-state index is 12.5. The summed E-state index contributed by atoms with van der Waals surface area (Å²) in [5.74, 6) is 1.26. The quantitative estimate of drug-likeness (QED) is 0.684. The Balaban J connectivity index is 1.80. The Morgan fingerprint density at radius 3 is 2.50 bits per heavy atom. The van der Waals surface area contributed by atoms with E-state index in [1.165, 1.54) is 6.07 Å². The van der Waals surface area contributed by atoms with E-state index in [2.05, 4.69) is 14.9 Å². The first-order chi connectivity index (χ1) is 11.7. The Morgan fingerprint density at radius 1 is 1.04 bits per heavy atom. The summed E-state index contributed by atoms with van der Waals surface area (Å²) >= 11 is 0. The van der Waals surface area contributed by atoms with Crippen LogP contribution in [0.5, 0.6) is 11.5 Å². The third-order valence-electron chi connectivity index (χ3n) is 3.31. The van der Waals surface area contributed by atoms with Crippen molar-refractivity contribution in [2.24, 2.45) is 0 Å². The largest absolute Gasteiger partial charge is 0.497 e. The summed E-state index contributed by atoms with van der Waals surface area (Å²) in [6.07, 6.45) is 0.425. The Morgan fingerprint density at radius 2 is 1.79 bits per heavy atom. The lowest BCUT2D eigenvalue weighted by Crippen LogP contribution is -2.03. The van der Waals surface area contributed by atoms with E-state index in [1.54, 1.807) is 25.3 Å². The highest BCUT2D eigenvalue weighted by Crippen LogP contribution is 2.30. The molecule has 0 amide bonds. The number of nitrogens with zero attached hydrogens (tertiary/aromatic N) is 2. The summed E-state index contributed by atoms with van der Waals surface area (Å²) in [5, 5.41) is 7.88. The second-order valence-electron chi connectivity index (χ2n) is 4.90. The molecule has 0 aliphatic rings. The summed E-state index contributed by atoms with van der Waals surface area (Å²) in [6, 6.07) is 13.7. The molecule has 3 rings (SSSR count). The van der Waals surface area contributed by atoms with Crippen molar-refractivity contribution in [3.05, 3.63) is 60.0 Å². The summed E-state index contributed by atoms with van der Waals surface area (Å²) in [7, 11) is 1.60. The Bertz CT molecular complexity index is 804. The number of rotatable bonds is 6. The third kappa shape index (κ3) is 3.68. The lowest BCUT2D eigenvalue weighted by atomic mass is 10.1. The summed E-state index contributed by atoms with van der Waals surface area (Å²) < 4.78 is 40.1. The molecular formula is C17H14F2N2O3. The molecule has 0 aliphatic heterocycles. The average Bonchev–Trinajstić information content (AvgIpc) is 3.04. The molecule has 0 saturated heterocycles. The number of para-hydroxylation sites is 1. The third-order valence-corrected chi connectivity index (χ3v) is 3.31. The van der Waals surface area contributed by atoms with Crippen LogP contribution in [0.2, 0.25) is 0 Å². The van der Waals surface area contributed by atoms with E-state index in [-0.39, 0.29) is 11.6 Å². The molecule has 0 bridgehead atoms. The number of methoxy groups -OCH3 is 1. The zero-order chi connectivity index (χ0) is 16.9. The van der Waals surface area contributed by atoms with Gasteiger partial charge in [-0.25, -0.2) is 0 Å². The molecule has 3 aromatic rings. The topological polar surface area (TPSA) is 57.4 Å². The van der Waals surface area contributed by atoms with Gasteiger partial charge in [-0.1, -0.05) is 24.3 Å². The minimum atomic E-state index is -2.92. The maximum atomic E-state index is 12.5. The van der Waals surface area contributed by atoms with Crippen LogP contribution in [0, 0.1) is 0 Å². The molecule has 2 aromatic carbocycles. The fraction of sp³-hybridized carbons (Fsp3) is 0.176. The Kier molecular flexibility index (Phi) is 4.69. The lowest BCUT2D eigenvalue weighted by molar-refractivity contribution is -0.0495. The fourth-order valence-electron chi connectivity index (χ4n) is 2.19. The zero-order valence-corrected chi connectivity index (χ0v) is 12.8. The van der Waals surface area contributed by atoms with Crippen molar-refractivity contribution in [2.75, 3.05) is 7.11 Å². The summed E-state index contributed by atoms with van der Waals surface area (Å²) in [4.78, 5) is 0. The van der Waals surface area contributed by atoms with Gasteiger partial charge >= 0.3 is 6.61 Å². The van der Waals surface area contributed by atoms with Crippen molar-refractivity contribution in [2.45, 2.75) is 13.0 Å². The second kappa shape index (κ2) is 7.08. The van der Waals surface area contributed by atoms with Crippen LogP contribution < -0.4 is 9.47 Å². The van der Waals surface area contributed by atoms with Gasteiger partial charge in [-0.15, -0.1) is 10.2 Å². The van der Waals surface area contributed by atoms with E-state index in [4.69, 9.17) is 9.15 Å². The number of hydrogen-bond acceptors (Lipinski definition) is 5. The van der Waals surface area contributed by atoms with E-state index in [9.17, 15) is 8.78 Å². The smallest absolute Gasteiger partial charge is 0.387 e. The molecule has 7 heteroatoms. The van der Waals surface area contributed by atoms with E-state index >= 15 is 0 Å². The van der Waals surface area contributed by atoms with Crippen molar-refractivity contribution >= 4 is 0 Å². The van der Waals surface area contributed by atoms with E-state index in [0.29, 0.717) is 17.9 Å². The molecule has 0 atom stereocenters. The van der Waals surface area contributed by atoms with Crippen LogP contribution in [0.1, 0.15) is 11.5 Å². The Labute approximate surface area is 136 Å². The predicted molar refractivity (Wildman–Crippen MR) is 82.2 cm³/mol. The van der Waals surface area contributed by atoms with Crippen LogP contribution in [0.3, 0.4) is 0 Å². The number of benzene rings is 2. The van der Waals surface area contributed by atoms with Gasteiger partial charge in [-0.2, -0.15) is 8.78 Å². The van der Waals surface area contributed by atoms with Crippen LogP contribution in [0.25, 0.3) is 11.5 Å². The standard InChI is InChI=1S/C17H14F2N2O3/c1-22-12-8-6-11(7-9-12)10-15-20-21-16(24-15)13-4-2-3-5-14(13)23-17(18)19/h2-9,17H,10H2,1H3. The highest BCUT2D eigenvalue weighted by Gasteiger charge is 2.16. The van der Waals surface area contributed by atoms with Gasteiger partial charge in [-0.3, -0.25) is 0 Å². The van der Waals surface area contributed by atoms with Gasteiger partial charge in [0.1, 0.15) is 11.5 Å². The van der Waals surface area contributed by atoms with Crippen molar-refractivity contribution in [3.63, 3.8) is 0 Å². The predicted octanol–water partition coefficient (Wildman–Crippen LogP) is 3.94. The number of aromatic nitrogens is 2. The molecule has 0 spiro atoms. The normalized spacial score (nSPS) is 10.8. The van der Waals surface area contributed by atoms with Crippen LogP contribution in [-0.2, 0) is 6.42 Å². The monoisotopic (exact) mass is 332 g/mol. The molecule has 124 valence electrons. The van der Waals surface area contributed by atoms with Gasteiger partial charge in [0.25, 0.3) is 5.89 Å². The van der Waals surface area contributed by atoms with Crippen LogP contribution in [0.15, 0.2) is 52.9 Å². The molecule has 0 aliphatic carbocycles. The van der Waals surface area contributed by atoms with E-state index in [0.717, 1.165) is 11.3 Å². The fourth-order valence-corrected chi connectivity index (χ4v) is 2.19. The molecule has 0 fully saturated rings. The van der Waals surface area contributed by atoms with Gasteiger partial charge in [0, 0.05) is 0 Å². The SMILES string of the molecule is COc1ccc(Cc2nnc(-c3ccccc3OC(F)F)o2)cc1. The zero-order valence-electron chi connectivity index (χ0n) is 12.8. The van der Waals surface area contributed by atoms with E-state index < -0.39 is 6.61 Å². The maximum Gasteiger partial charge on any atom is 0.387 e. The number of hydrogen-bond donors (Lipinski definition) is 0. The van der Waals surface area contributed by atoms with Gasteiger partial charge < -0.3 is 13.9 Å². The second-order valence-corrected chi connectivity index (χ2v) is 4.90. The minimum Gasteiger partial charge on any atom is -0.497 e. The molecule has 0 radical (unpaired) electrons. The van der Waals surface area contributed by atoms with Gasteiger partial charge in [0.2, 0.25) is 5.89 Å². The van der Waals surface area contributed by atoms with E-state index in [1.807, 2.05) is 24.3 Å². The highest BCUT2D eigenvalue weighted by molar-refractivity contribution is 5.62. The van der Waals surface area contributed by atoms with Crippen molar-refractivity contribution in [3.8, 4) is 23.0 Å². The molecule has 5 nitrogen and oxygen atoms in total. The molecule has 0 saturated carbocycles. The van der Waals surface area contributed by atoms with Gasteiger partial charge in [0.15, 0.2) is 0 Å². The first-order valence-electron chi connectivity index (χ1n) is 7.15. The molecule has 0 N–H and O–H groups in total. The van der Waals surface area contributed by atoms with Crippen molar-refractivity contribution < 1.29 is 22.7 Å². The summed E-state index contributed by atoms with van der Waals surface area (Å²) in [5.41, 5.74) is 1.29. The molecule has 1 heterocycles. The highest BCUT2D eigenvalue weighted by atomic mass is 19.3. The first-order valence-corrected chi connectivity index (χ1v) is 7.15. The average molecular weight is 332 g/mol. The number of alkyl halides is 2. The molecule has 24 heavy (non-hydrogen) atoms. The Hall–Kier alpha value is -2.96. The minimum absolute atomic E-state index is 0.00727. The van der Waals surface area contributed by atoms with Crippen LogP contribution >= 0.6 is 0 Å². The number of ether oxygens (including phenoxy) is 2. The summed E-state index contributed by atoms with van der Waals surface area (Å²) in [6.45, 7) is -2.92.